The minimum absolute atomic E-state index is 0.0556. The summed E-state index contributed by atoms with van der Waals surface area (Å²) in [6.45, 7) is 7.35. The van der Waals surface area contributed by atoms with Gasteiger partial charge in [-0.05, 0) is 38.0 Å². The molecule has 1 amide bonds. The summed E-state index contributed by atoms with van der Waals surface area (Å²) in [6.07, 6.45) is 0. The maximum absolute atomic E-state index is 11.6. The zero-order chi connectivity index (χ0) is 13.8. The van der Waals surface area contributed by atoms with E-state index in [1.165, 1.54) is 11.1 Å². The molecule has 0 heterocycles. The van der Waals surface area contributed by atoms with E-state index in [-0.39, 0.29) is 5.91 Å². The summed E-state index contributed by atoms with van der Waals surface area (Å²) < 4.78 is 1.12. The molecule has 0 aromatic heterocycles. The Morgan fingerprint density at radius 3 is 2.61 bits per heavy atom. The van der Waals surface area contributed by atoms with Crippen LogP contribution in [0.2, 0.25) is 0 Å². The van der Waals surface area contributed by atoms with E-state index in [2.05, 4.69) is 51.7 Å². The topological polar surface area (TPSA) is 41.1 Å². The fourth-order valence-corrected chi connectivity index (χ4v) is 2.11. The standard InChI is InChI=1S/C14H21BrN2O/c1-10-5-6-11(7-12(10)15)8-17-9-14(2,3)13(18)16-4/h5-7,17H,8-9H2,1-4H3,(H,16,18). The minimum atomic E-state index is -0.392. The summed E-state index contributed by atoms with van der Waals surface area (Å²) in [5.74, 6) is 0.0556. The van der Waals surface area contributed by atoms with Crippen molar-refractivity contribution in [2.75, 3.05) is 13.6 Å². The molecule has 3 nitrogen and oxygen atoms in total. The van der Waals surface area contributed by atoms with E-state index in [4.69, 9.17) is 0 Å². The Morgan fingerprint density at radius 1 is 1.39 bits per heavy atom. The minimum Gasteiger partial charge on any atom is -0.359 e. The average molecular weight is 313 g/mol. The van der Waals surface area contributed by atoms with Gasteiger partial charge in [-0.2, -0.15) is 0 Å². The Labute approximate surface area is 117 Å². The highest BCUT2D eigenvalue weighted by Gasteiger charge is 2.25. The Balaban J connectivity index is 2.51. The summed E-state index contributed by atoms with van der Waals surface area (Å²) in [6, 6.07) is 6.29. The molecule has 100 valence electrons. The van der Waals surface area contributed by atoms with E-state index in [1.54, 1.807) is 7.05 Å². The van der Waals surface area contributed by atoms with Crippen molar-refractivity contribution < 1.29 is 4.79 Å². The fourth-order valence-electron chi connectivity index (χ4n) is 1.68. The monoisotopic (exact) mass is 312 g/mol. The van der Waals surface area contributed by atoms with E-state index in [1.807, 2.05) is 13.8 Å². The molecule has 4 heteroatoms. The average Bonchev–Trinajstić information content (AvgIpc) is 2.32. The van der Waals surface area contributed by atoms with Gasteiger partial charge in [-0.15, -0.1) is 0 Å². The molecule has 0 unspecified atom stereocenters. The molecular formula is C14H21BrN2O. The van der Waals surface area contributed by atoms with E-state index in [9.17, 15) is 4.79 Å². The first kappa shape index (κ1) is 15.2. The van der Waals surface area contributed by atoms with Gasteiger partial charge in [-0.1, -0.05) is 28.1 Å². The number of aryl methyl sites for hydroxylation is 1. The lowest BCUT2D eigenvalue weighted by Crippen LogP contribution is -2.41. The van der Waals surface area contributed by atoms with Gasteiger partial charge in [-0.25, -0.2) is 0 Å². The van der Waals surface area contributed by atoms with Crippen LogP contribution >= 0.6 is 15.9 Å². The Hall–Kier alpha value is -0.870. The predicted molar refractivity (Wildman–Crippen MR) is 78.4 cm³/mol. The van der Waals surface area contributed by atoms with Crippen LogP contribution in [0.1, 0.15) is 25.0 Å². The summed E-state index contributed by atoms with van der Waals surface area (Å²) in [5.41, 5.74) is 2.04. The number of amides is 1. The second-order valence-corrected chi connectivity index (χ2v) is 6.00. The van der Waals surface area contributed by atoms with Crippen LogP contribution in [0.3, 0.4) is 0 Å². The molecule has 1 rings (SSSR count). The summed E-state index contributed by atoms with van der Waals surface area (Å²) in [5, 5.41) is 6.01. The normalized spacial score (nSPS) is 11.4. The lowest BCUT2D eigenvalue weighted by atomic mass is 9.92. The molecule has 0 aliphatic heterocycles. The molecule has 18 heavy (non-hydrogen) atoms. The molecule has 0 saturated carbocycles. The van der Waals surface area contributed by atoms with Gasteiger partial charge in [0.25, 0.3) is 0 Å². The van der Waals surface area contributed by atoms with Crippen molar-refractivity contribution in [3.05, 3.63) is 33.8 Å². The molecule has 0 aliphatic carbocycles. The van der Waals surface area contributed by atoms with Gasteiger partial charge >= 0.3 is 0 Å². The predicted octanol–water partition coefficient (Wildman–Crippen LogP) is 2.62. The number of hydrogen-bond donors (Lipinski definition) is 2. The van der Waals surface area contributed by atoms with Crippen molar-refractivity contribution >= 4 is 21.8 Å². The summed E-state index contributed by atoms with van der Waals surface area (Å²) in [7, 11) is 1.67. The zero-order valence-electron chi connectivity index (χ0n) is 11.4. The maximum Gasteiger partial charge on any atom is 0.226 e. The first-order valence-corrected chi connectivity index (χ1v) is 6.84. The number of hydrogen-bond acceptors (Lipinski definition) is 2. The number of rotatable bonds is 5. The number of carbonyl (C=O) groups excluding carboxylic acids is 1. The second-order valence-electron chi connectivity index (χ2n) is 5.15. The highest BCUT2D eigenvalue weighted by Crippen LogP contribution is 2.18. The van der Waals surface area contributed by atoms with Gasteiger partial charge in [0, 0.05) is 24.6 Å². The van der Waals surface area contributed by atoms with Gasteiger partial charge in [0.15, 0.2) is 0 Å². The highest BCUT2D eigenvalue weighted by molar-refractivity contribution is 9.10. The van der Waals surface area contributed by atoms with Gasteiger partial charge in [0.1, 0.15) is 0 Å². The van der Waals surface area contributed by atoms with Crippen LogP contribution in [-0.2, 0) is 11.3 Å². The maximum atomic E-state index is 11.6. The smallest absolute Gasteiger partial charge is 0.226 e. The molecule has 1 aromatic rings. The van der Waals surface area contributed by atoms with E-state index in [0.29, 0.717) is 6.54 Å². The largest absolute Gasteiger partial charge is 0.359 e. The van der Waals surface area contributed by atoms with Crippen LogP contribution in [0.5, 0.6) is 0 Å². The summed E-state index contributed by atoms with van der Waals surface area (Å²) in [4.78, 5) is 11.6. The third-order valence-corrected chi connectivity index (χ3v) is 3.83. The van der Waals surface area contributed by atoms with Gasteiger partial charge in [0.05, 0.1) is 5.41 Å². The van der Waals surface area contributed by atoms with Crippen LogP contribution in [-0.4, -0.2) is 19.5 Å². The number of halogens is 1. The fraction of sp³-hybridized carbons (Fsp3) is 0.500. The van der Waals surface area contributed by atoms with Gasteiger partial charge in [0.2, 0.25) is 5.91 Å². The number of nitrogens with one attached hydrogen (secondary N) is 2. The molecule has 0 atom stereocenters. The van der Waals surface area contributed by atoms with Crippen LogP contribution in [0.25, 0.3) is 0 Å². The number of carbonyl (C=O) groups is 1. The highest BCUT2D eigenvalue weighted by atomic mass is 79.9. The zero-order valence-corrected chi connectivity index (χ0v) is 13.0. The molecule has 2 N–H and O–H groups in total. The van der Waals surface area contributed by atoms with Crippen LogP contribution in [0.4, 0.5) is 0 Å². The second kappa shape index (κ2) is 6.34. The van der Waals surface area contributed by atoms with Crippen molar-refractivity contribution in [3.63, 3.8) is 0 Å². The first-order valence-electron chi connectivity index (χ1n) is 6.05. The lowest BCUT2D eigenvalue weighted by molar-refractivity contribution is -0.128. The lowest BCUT2D eigenvalue weighted by Gasteiger charge is -2.23. The van der Waals surface area contributed by atoms with Gasteiger partial charge in [-0.3, -0.25) is 4.79 Å². The van der Waals surface area contributed by atoms with E-state index in [0.717, 1.165) is 11.0 Å². The van der Waals surface area contributed by atoms with Crippen molar-refractivity contribution in [1.82, 2.24) is 10.6 Å². The molecule has 0 fully saturated rings. The number of benzene rings is 1. The van der Waals surface area contributed by atoms with Crippen molar-refractivity contribution in [3.8, 4) is 0 Å². The Bertz CT molecular complexity index is 430. The molecule has 0 aliphatic rings. The molecule has 0 spiro atoms. The summed E-state index contributed by atoms with van der Waals surface area (Å²) >= 11 is 3.52. The third-order valence-electron chi connectivity index (χ3n) is 2.97. The SMILES string of the molecule is CNC(=O)C(C)(C)CNCc1ccc(C)c(Br)c1. The van der Waals surface area contributed by atoms with E-state index < -0.39 is 5.41 Å². The molecule has 1 aromatic carbocycles. The van der Waals surface area contributed by atoms with Crippen molar-refractivity contribution in [2.45, 2.75) is 27.3 Å². The van der Waals surface area contributed by atoms with E-state index >= 15 is 0 Å². The van der Waals surface area contributed by atoms with Crippen LogP contribution in [0.15, 0.2) is 22.7 Å². The molecular weight excluding hydrogens is 292 g/mol. The Kier molecular flexibility index (Phi) is 5.35. The van der Waals surface area contributed by atoms with Gasteiger partial charge < -0.3 is 10.6 Å². The molecule has 0 bridgehead atoms. The Morgan fingerprint density at radius 2 is 2.06 bits per heavy atom. The van der Waals surface area contributed by atoms with Crippen LogP contribution in [0, 0.1) is 12.3 Å². The first-order chi connectivity index (χ1) is 8.36. The van der Waals surface area contributed by atoms with Crippen molar-refractivity contribution in [1.29, 1.82) is 0 Å². The molecule has 0 saturated heterocycles. The quantitative estimate of drug-likeness (QED) is 0.877. The van der Waals surface area contributed by atoms with Crippen LogP contribution < -0.4 is 10.6 Å². The molecule has 0 radical (unpaired) electrons. The third kappa shape index (κ3) is 4.10. The van der Waals surface area contributed by atoms with Crippen molar-refractivity contribution in [2.24, 2.45) is 5.41 Å².